The number of rotatable bonds is 8. The van der Waals surface area contributed by atoms with Crippen molar-refractivity contribution in [2.24, 2.45) is 0 Å². The van der Waals surface area contributed by atoms with Crippen molar-refractivity contribution in [1.29, 1.82) is 0 Å². The molecule has 0 spiro atoms. The van der Waals surface area contributed by atoms with E-state index in [9.17, 15) is 0 Å². The first kappa shape index (κ1) is 35.2. The van der Waals surface area contributed by atoms with Crippen LogP contribution in [0, 0.1) is 0 Å². The van der Waals surface area contributed by atoms with Crippen molar-refractivity contribution >= 4 is 44.7 Å². The van der Waals surface area contributed by atoms with Gasteiger partial charge in [0.15, 0.2) is 13.0 Å². The lowest BCUT2D eigenvalue weighted by Crippen LogP contribution is -2.24. The highest BCUT2D eigenvalue weighted by Gasteiger charge is 2.29. The van der Waals surface area contributed by atoms with Gasteiger partial charge in [-0.25, -0.2) is 15.0 Å². The van der Waals surface area contributed by atoms with Crippen LogP contribution in [0.15, 0.2) is 218 Å². The molecule has 0 aliphatic rings. The number of pyridine rings is 1. The number of nitrogens with zero attached hydrogens (tertiary/aromatic N) is 3. The van der Waals surface area contributed by atoms with Gasteiger partial charge >= 0.3 is 0 Å². The van der Waals surface area contributed by atoms with E-state index in [-0.39, 0.29) is 0 Å². The third-order valence-corrected chi connectivity index (χ3v) is 13.8. The molecule has 0 N–H and O–H groups in total. The molecule has 5 heteroatoms. The van der Waals surface area contributed by atoms with E-state index in [0.717, 1.165) is 77.1 Å². The summed E-state index contributed by atoms with van der Waals surface area (Å²) in [5.74, 6) is 0.624. The number of hydrogen-bond donors (Lipinski definition) is 0. The second-order valence-electron chi connectivity index (χ2n) is 14.3. The van der Waals surface area contributed by atoms with Crippen molar-refractivity contribution in [3.63, 3.8) is 0 Å². The molecule has 0 saturated heterocycles. The van der Waals surface area contributed by atoms with Crippen molar-refractivity contribution in [2.75, 3.05) is 0 Å². The third kappa shape index (κ3) is 6.40. The zero-order chi connectivity index (χ0) is 38.9. The van der Waals surface area contributed by atoms with Crippen LogP contribution in [-0.4, -0.2) is 15.0 Å². The fourth-order valence-electron chi connectivity index (χ4n) is 7.91. The van der Waals surface area contributed by atoms with E-state index in [1.807, 2.05) is 127 Å². The molecule has 10 rings (SSSR count). The molecule has 0 amide bonds. The van der Waals surface area contributed by atoms with Crippen LogP contribution in [0.3, 0.4) is 0 Å². The summed E-state index contributed by atoms with van der Waals surface area (Å²) in [6, 6.07) is 73.6. The molecular weight excluding hydrogens is 726 g/mol. The first-order chi connectivity index (χ1) is 28.6. The zero-order valence-electron chi connectivity index (χ0n) is 31.5. The van der Waals surface area contributed by atoms with Crippen molar-refractivity contribution < 1.29 is 4.57 Å². The Balaban J connectivity index is 1.14. The van der Waals surface area contributed by atoms with Crippen LogP contribution in [0.25, 0.3) is 78.0 Å². The topological polar surface area (TPSA) is 55.7 Å². The van der Waals surface area contributed by atoms with Gasteiger partial charge < -0.3 is 4.57 Å². The van der Waals surface area contributed by atoms with Crippen LogP contribution >= 0.6 is 7.14 Å². The van der Waals surface area contributed by atoms with E-state index in [4.69, 9.17) is 15.0 Å². The van der Waals surface area contributed by atoms with Gasteiger partial charge in [-0.2, -0.15) is 0 Å². The Bertz CT molecular complexity index is 3060. The molecule has 0 atom stereocenters. The van der Waals surface area contributed by atoms with Crippen LogP contribution in [0.4, 0.5) is 0 Å². The van der Waals surface area contributed by atoms with Gasteiger partial charge in [0, 0.05) is 54.3 Å². The Kier molecular flexibility index (Phi) is 9.10. The monoisotopic (exact) mass is 761 g/mol. The Labute approximate surface area is 337 Å². The lowest BCUT2D eigenvalue weighted by Gasteiger charge is -2.20. The quantitative estimate of drug-likeness (QED) is 0.114. The Morgan fingerprint density at radius 1 is 0.345 bits per heavy atom. The Morgan fingerprint density at radius 2 is 0.845 bits per heavy atom. The van der Waals surface area contributed by atoms with E-state index in [1.165, 1.54) is 10.9 Å². The molecule has 2 heterocycles. The van der Waals surface area contributed by atoms with Crippen LogP contribution in [0.2, 0.25) is 0 Å². The van der Waals surface area contributed by atoms with Gasteiger partial charge in [0.1, 0.15) is 0 Å². The number of aromatic nitrogens is 3. The highest BCUT2D eigenvalue weighted by Crippen LogP contribution is 2.43. The van der Waals surface area contributed by atoms with Gasteiger partial charge in [-0.3, -0.25) is 0 Å². The minimum Gasteiger partial charge on any atom is -0.309 e. The summed E-state index contributed by atoms with van der Waals surface area (Å²) in [6.45, 7) is 0. The smallest absolute Gasteiger partial charge is 0.171 e. The summed E-state index contributed by atoms with van der Waals surface area (Å²) in [4.78, 5) is 15.6. The second-order valence-corrected chi connectivity index (χ2v) is 17.1. The highest BCUT2D eigenvalue weighted by atomic mass is 31.2. The predicted octanol–water partition coefficient (Wildman–Crippen LogP) is 12.2. The summed E-state index contributed by atoms with van der Waals surface area (Å²) < 4.78 is 15.1. The van der Waals surface area contributed by atoms with E-state index < -0.39 is 7.14 Å². The lowest BCUT2D eigenvalue weighted by atomic mass is 9.92. The van der Waals surface area contributed by atoms with E-state index in [1.54, 1.807) is 0 Å². The van der Waals surface area contributed by atoms with E-state index >= 15 is 4.57 Å². The molecule has 0 saturated carbocycles. The minimum absolute atomic E-state index is 0.624. The molecular formula is C53H36N3OP. The molecule has 0 fully saturated rings. The highest BCUT2D eigenvalue weighted by molar-refractivity contribution is 7.85. The summed E-state index contributed by atoms with van der Waals surface area (Å²) >= 11 is 0. The minimum atomic E-state index is -3.13. The normalized spacial score (nSPS) is 11.5. The second kappa shape index (κ2) is 15.0. The third-order valence-electron chi connectivity index (χ3n) is 10.8. The zero-order valence-corrected chi connectivity index (χ0v) is 32.4. The first-order valence-corrected chi connectivity index (χ1v) is 21.1. The standard InChI is InChI=1S/C53H36N3OP/c57-58(42-23-12-4-13-24-42,43-25-14-5-15-26-43)44-32-29-38(30-33-44)48-36-49(56-53(55-48)40-21-10-3-11-22-40)41-31-34-46-50(35-41)54-52(39-19-8-2-9-20-39)47-28-16-27-45(51(46)47)37-17-6-1-7-18-37/h1-36H. The molecule has 2 aromatic heterocycles. The summed E-state index contributed by atoms with van der Waals surface area (Å²) in [5.41, 5.74) is 9.53. The van der Waals surface area contributed by atoms with Crippen LogP contribution in [0.1, 0.15) is 0 Å². The van der Waals surface area contributed by atoms with E-state index in [2.05, 4.69) is 91.0 Å². The van der Waals surface area contributed by atoms with E-state index in [0.29, 0.717) is 5.82 Å². The van der Waals surface area contributed by atoms with Gasteiger partial charge in [-0.05, 0) is 23.3 Å². The molecule has 0 unspecified atom stereocenters. The molecule has 274 valence electrons. The van der Waals surface area contributed by atoms with Gasteiger partial charge in [0.25, 0.3) is 0 Å². The first-order valence-electron chi connectivity index (χ1n) is 19.4. The summed E-state index contributed by atoms with van der Waals surface area (Å²) in [7, 11) is -3.13. The van der Waals surface area contributed by atoms with Crippen molar-refractivity contribution in [3.8, 4) is 56.3 Å². The van der Waals surface area contributed by atoms with Crippen molar-refractivity contribution in [3.05, 3.63) is 218 Å². The summed E-state index contributed by atoms with van der Waals surface area (Å²) in [6.07, 6.45) is 0. The summed E-state index contributed by atoms with van der Waals surface area (Å²) in [5, 5.41) is 5.72. The lowest BCUT2D eigenvalue weighted by molar-refractivity contribution is 0.592. The predicted molar refractivity (Wildman–Crippen MR) is 241 cm³/mol. The van der Waals surface area contributed by atoms with Gasteiger partial charge in [-0.1, -0.05) is 206 Å². The molecule has 10 aromatic rings. The molecule has 0 bridgehead atoms. The van der Waals surface area contributed by atoms with Gasteiger partial charge in [0.2, 0.25) is 0 Å². The largest absolute Gasteiger partial charge is 0.309 e. The fourth-order valence-corrected chi connectivity index (χ4v) is 10.6. The number of benzene rings is 8. The van der Waals surface area contributed by atoms with Crippen LogP contribution in [-0.2, 0) is 4.57 Å². The number of fused-ring (bicyclic) bond motifs is 3. The maximum Gasteiger partial charge on any atom is 0.171 e. The average molecular weight is 762 g/mol. The SMILES string of the molecule is O=P(c1ccccc1)(c1ccccc1)c1ccc(-c2cc(-c3ccc4c(c3)nc(-c3ccccc3)c3cccc(-c5ccccc5)c34)nc(-c3ccccc3)n2)cc1. The Morgan fingerprint density at radius 3 is 1.45 bits per heavy atom. The molecule has 0 aliphatic heterocycles. The van der Waals surface area contributed by atoms with Crippen LogP contribution < -0.4 is 15.9 Å². The average Bonchev–Trinajstić information content (AvgIpc) is 3.32. The maximum atomic E-state index is 15.1. The van der Waals surface area contributed by atoms with Crippen molar-refractivity contribution in [1.82, 2.24) is 15.0 Å². The fraction of sp³-hybridized carbons (Fsp3) is 0. The number of hydrogen-bond acceptors (Lipinski definition) is 4. The van der Waals surface area contributed by atoms with Gasteiger partial charge in [0.05, 0.1) is 22.6 Å². The maximum absolute atomic E-state index is 15.1. The Hall–Kier alpha value is -7.26. The van der Waals surface area contributed by atoms with Gasteiger partial charge in [-0.15, -0.1) is 0 Å². The van der Waals surface area contributed by atoms with Crippen molar-refractivity contribution in [2.45, 2.75) is 0 Å². The van der Waals surface area contributed by atoms with Crippen LogP contribution in [0.5, 0.6) is 0 Å². The molecule has 0 radical (unpaired) electrons. The molecule has 4 nitrogen and oxygen atoms in total. The molecule has 0 aliphatic carbocycles. The molecule has 8 aromatic carbocycles. The molecule has 58 heavy (non-hydrogen) atoms.